The highest BCUT2D eigenvalue weighted by molar-refractivity contribution is 5.95. The van der Waals surface area contributed by atoms with Crippen LogP contribution in [-0.4, -0.2) is 25.5 Å². The second kappa shape index (κ2) is 9.05. The third-order valence-corrected chi connectivity index (χ3v) is 3.72. The van der Waals surface area contributed by atoms with Crippen molar-refractivity contribution >= 4 is 28.8 Å². The molecule has 1 atom stereocenters. The van der Waals surface area contributed by atoms with Crippen LogP contribution in [0.5, 0.6) is 0 Å². The van der Waals surface area contributed by atoms with Gasteiger partial charge in [0.1, 0.15) is 11.5 Å². The molecule has 0 spiro atoms. The number of halogens is 1. The molecule has 0 aliphatic heterocycles. The Balaban J connectivity index is 3.25. The summed E-state index contributed by atoms with van der Waals surface area (Å²) in [6.45, 7) is 7.82. The van der Waals surface area contributed by atoms with E-state index in [-0.39, 0.29) is 11.6 Å². The lowest BCUT2D eigenvalue weighted by Gasteiger charge is -2.17. The fraction of sp³-hybridized carbons (Fsp3) is 0.444. The van der Waals surface area contributed by atoms with Crippen molar-refractivity contribution in [2.24, 2.45) is 5.92 Å². The van der Waals surface area contributed by atoms with E-state index in [2.05, 4.69) is 29.2 Å². The minimum absolute atomic E-state index is 0.112. The van der Waals surface area contributed by atoms with Gasteiger partial charge < -0.3 is 15.4 Å². The quantitative estimate of drug-likeness (QED) is 0.587. The SMILES string of the molecule is CC[C@H](C)CNc1cc(/C(C)=C/C(=O)OC)cc(F)c1NC(C)=O. The van der Waals surface area contributed by atoms with Crippen LogP contribution in [0.3, 0.4) is 0 Å². The Kier molecular flexibility index (Phi) is 7.42. The number of anilines is 2. The van der Waals surface area contributed by atoms with Crippen LogP contribution in [0.1, 0.15) is 39.7 Å². The summed E-state index contributed by atoms with van der Waals surface area (Å²) in [5.41, 5.74) is 1.71. The first-order valence-electron chi connectivity index (χ1n) is 7.90. The van der Waals surface area contributed by atoms with Crippen LogP contribution in [-0.2, 0) is 14.3 Å². The third-order valence-electron chi connectivity index (χ3n) is 3.72. The lowest BCUT2D eigenvalue weighted by atomic mass is 10.0. The number of carbonyl (C=O) groups is 2. The molecule has 0 aliphatic carbocycles. The maximum absolute atomic E-state index is 14.5. The van der Waals surface area contributed by atoms with Gasteiger partial charge in [0.15, 0.2) is 0 Å². The summed E-state index contributed by atoms with van der Waals surface area (Å²) < 4.78 is 19.0. The Morgan fingerprint density at radius 1 is 1.33 bits per heavy atom. The van der Waals surface area contributed by atoms with Crippen molar-refractivity contribution in [3.8, 4) is 0 Å². The summed E-state index contributed by atoms with van der Waals surface area (Å²) in [5.74, 6) is -1.02. The number of amides is 1. The predicted octanol–water partition coefficient (Wildman–Crippen LogP) is 3.82. The van der Waals surface area contributed by atoms with Gasteiger partial charge in [0.05, 0.1) is 12.8 Å². The zero-order valence-corrected chi connectivity index (χ0v) is 14.8. The Hall–Kier alpha value is -2.37. The van der Waals surface area contributed by atoms with Gasteiger partial charge in [-0.05, 0) is 36.1 Å². The summed E-state index contributed by atoms with van der Waals surface area (Å²) in [6.07, 6.45) is 2.28. The van der Waals surface area contributed by atoms with Gasteiger partial charge in [0.25, 0.3) is 0 Å². The van der Waals surface area contributed by atoms with Gasteiger partial charge in [-0.25, -0.2) is 9.18 Å². The van der Waals surface area contributed by atoms with Crippen molar-refractivity contribution in [3.63, 3.8) is 0 Å². The van der Waals surface area contributed by atoms with Crippen molar-refractivity contribution in [3.05, 3.63) is 29.6 Å². The molecule has 24 heavy (non-hydrogen) atoms. The van der Waals surface area contributed by atoms with E-state index in [9.17, 15) is 14.0 Å². The molecular formula is C18H25FN2O3. The van der Waals surface area contributed by atoms with E-state index < -0.39 is 11.8 Å². The fourth-order valence-corrected chi connectivity index (χ4v) is 2.02. The van der Waals surface area contributed by atoms with Crippen molar-refractivity contribution in [2.45, 2.75) is 34.1 Å². The molecule has 0 heterocycles. The molecule has 0 unspecified atom stereocenters. The van der Waals surface area contributed by atoms with E-state index in [1.54, 1.807) is 13.0 Å². The smallest absolute Gasteiger partial charge is 0.330 e. The van der Waals surface area contributed by atoms with Gasteiger partial charge in [-0.15, -0.1) is 0 Å². The van der Waals surface area contributed by atoms with E-state index in [0.29, 0.717) is 29.3 Å². The van der Waals surface area contributed by atoms with Crippen LogP contribution in [0.4, 0.5) is 15.8 Å². The molecule has 6 heteroatoms. The Morgan fingerprint density at radius 3 is 2.54 bits per heavy atom. The number of rotatable bonds is 7. The molecule has 0 saturated heterocycles. The number of benzene rings is 1. The number of hydrogen-bond donors (Lipinski definition) is 2. The van der Waals surface area contributed by atoms with E-state index in [1.807, 2.05) is 0 Å². The third kappa shape index (κ3) is 5.68. The van der Waals surface area contributed by atoms with Crippen LogP contribution < -0.4 is 10.6 Å². The minimum Gasteiger partial charge on any atom is -0.466 e. The maximum Gasteiger partial charge on any atom is 0.330 e. The summed E-state index contributed by atoms with van der Waals surface area (Å²) >= 11 is 0. The average Bonchev–Trinajstić information content (AvgIpc) is 2.54. The lowest BCUT2D eigenvalue weighted by molar-refractivity contribution is -0.134. The van der Waals surface area contributed by atoms with Crippen LogP contribution >= 0.6 is 0 Å². The molecule has 1 rings (SSSR count). The van der Waals surface area contributed by atoms with Crippen LogP contribution in [0.15, 0.2) is 18.2 Å². The first kappa shape index (κ1) is 19.7. The van der Waals surface area contributed by atoms with E-state index in [4.69, 9.17) is 0 Å². The molecule has 0 fully saturated rings. The minimum atomic E-state index is -0.563. The molecule has 1 aromatic carbocycles. The summed E-state index contributed by atoms with van der Waals surface area (Å²) in [7, 11) is 1.28. The zero-order chi connectivity index (χ0) is 18.3. The van der Waals surface area contributed by atoms with Gasteiger partial charge in [-0.3, -0.25) is 4.79 Å². The number of esters is 1. The maximum atomic E-state index is 14.5. The number of nitrogens with one attached hydrogen (secondary N) is 2. The molecule has 0 aromatic heterocycles. The highest BCUT2D eigenvalue weighted by Crippen LogP contribution is 2.30. The molecule has 5 nitrogen and oxygen atoms in total. The number of ether oxygens (including phenoxy) is 1. The predicted molar refractivity (Wildman–Crippen MR) is 94.3 cm³/mol. The molecule has 1 aromatic rings. The second-order valence-electron chi connectivity index (χ2n) is 5.81. The molecule has 132 valence electrons. The van der Waals surface area contributed by atoms with E-state index >= 15 is 0 Å². The summed E-state index contributed by atoms with van der Waals surface area (Å²) in [4.78, 5) is 22.7. The second-order valence-corrected chi connectivity index (χ2v) is 5.81. The van der Waals surface area contributed by atoms with Gasteiger partial charge in [0, 0.05) is 19.5 Å². The van der Waals surface area contributed by atoms with Crippen molar-refractivity contribution < 1.29 is 18.7 Å². The Labute approximate surface area is 142 Å². The number of carbonyl (C=O) groups excluding carboxylic acids is 2. The topological polar surface area (TPSA) is 67.4 Å². The van der Waals surface area contributed by atoms with Crippen molar-refractivity contribution in [1.29, 1.82) is 0 Å². The van der Waals surface area contributed by atoms with Gasteiger partial charge >= 0.3 is 5.97 Å². The van der Waals surface area contributed by atoms with Gasteiger partial charge in [-0.1, -0.05) is 20.3 Å². The normalized spacial score (nSPS) is 12.5. The molecule has 0 aliphatic rings. The fourth-order valence-electron chi connectivity index (χ4n) is 2.02. The molecule has 0 radical (unpaired) electrons. The van der Waals surface area contributed by atoms with Gasteiger partial charge in [-0.2, -0.15) is 0 Å². The monoisotopic (exact) mass is 336 g/mol. The summed E-state index contributed by atoms with van der Waals surface area (Å²) in [6, 6.07) is 3.00. The first-order chi connectivity index (χ1) is 11.3. The largest absolute Gasteiger partial charge is 0.466 e. The molecular weight excluding hydrogens is 311 g/mol. The standard InChI is InChI=1S/C18H25FN2O3/c1-6-11(2)10-20-16-9-14(12(3)7-17(23)24-5)8-15(19)18(16)21-13(4)22/h7-9,11,20H,6,10H2,1-5H3,(H,21,22)/b12-7+/t11-/m0/s1. The van der Waals surface area contributed by atoms with E-state index in [0.717, 1.165) is 6.42 Å². The molecule has 1 amide bonds. The van der Waals surface area contributed by atoms with Crippen molar-refractivity contribution in [1.82, 2.24) is 0 Å². The average molecular weight is 336 g/mol. The van der Waals surface area contributed by atoms with Crippen molar-refractivity contribution in [2.75, 3.05) is 24.3 Å². The molecule has 0 saturated carbocycles. The number of allylic oxidation sites excluding steroid dienone is 1. The number of hydrogen-bond acceptors (Lipinski definition) is 4. The lowest BCUT2D eigenvalue weighted by Crippen LogP contribution is -2.15. The molecule has 0 bridgehead atoms. The van der Waals surface area contributed by atoms with Gasteiger partial charge in [0.2, 0.25) is 5.91 Å². The zero-order valence-electron chi connectivity index (χ0n) is 14.8. The Bertz CT molecular complexity index is 641. The van der Waals surface area contributed by atoms with Crippen LogP contribution in [0.25, 0.3) is 5.57 Å². The Morgan fingerprint density at radius 2 is 2.00 bits per heavy atom. The molecule has 2 N–H and O–H groups in total. The van der Waals surface area contributed by atoms with E-state index in [1.165, 1.54) is 26.2 Å². The highest BCUT2D eigenvalue weighted by atomic mass is 19.1. The first-order valence-corrected chi connectivity index (χ1v) is 7.90. The summed E-state index contributed by atoms with van der Waals surface area (Å²) in [5, 5.41) is 5.69. The number of methoxy groups -OCH3 is 1. The van der Waals surface area contributed by atoms with Crippen LogP contribution in [0, 0.1) is 11.7 Å². The highest BCUT2D eigenvalue weighted by Gasteiger charge is 2.14. The van der Waals surface area contributed by atoms with Crippen LogP contribution in [0.2, 0.25) is 0 Å².